The highest BCUT2D eigenvalue weighted by molar-refractivity contribution is 6.22. The molecule has 4 rings (SSSR count). The Kier molecular flexibility index (Phi) is 6.46. The van der Waals surface area contributed by atoms with Crippen LogP contribution < -0.4 is 14.4 Å². The van der Waals surface area contributed by atoms with Crippen LogP contribution in [-0.4, -0.2) is 74.0 Å². The van der Waals surface area contributed by atoms with Crippen molar-refractivity contribution in [1.29, 1.82) is 0 Å². The highest BCUT2D eigenvalue weighted by Crippen LogP contribution is 2.34. The maximum absolute atomic E-state index is 13.2. The van der Waals surface area contributed by atoms with Crippen LogP contribution in [0.1, 0.15) is 38.5 Å². The third-order valence-electron chi connectivity index (χ3n) is 6.70. The lowest BCUT2D eigenvalue weighted by Gasteiger charge is -2.37. The summed E-state index contributed by atoms with van der Waals surface area (Å²) in [6.07, 6.45) is 5.02. The molecule has 1 aromatic rings. The summed E-state index contributed by atoms with van der Waals surface area (Å²) in [5.74, 6) is 0.891. The molecule has 0 bridgehead atoms. The summed E-state index contributed by atoms with van der Waals surface area (Å²) in [5.41, 5.74) is 0.462. The van der Waals surface area contributed by atoms with E-state index in [0.717, 1.165) is 38.8 Å². The van der Waals surface area contributed by atoms with Crippen LogP contribution >= 0.6 is 0 Å². The van der Waals surface area contributed by atoms with Crippen molar-refractivity contribution in [2.24, 2.45) is 5.92 Å². The van der Waals surface area contributed by atoms with E-state index < -0.39 is 6.04 Å². The van der Waals surface area contributed by atoms with E-state index in [1.54, 1.807) is 18.2 Å². The van der Waals surface area contributed by atoms with Crippen molar-refractivity contribution >= 4 is 23.4 Å². The van der Waals surface area contributed by atoms with Crippen LogP contribution in [0.2, 0.25) is 0 Å². The van der Waals surface area contributed by atoms with E-state index in [2.05, 4.69) is 4.90 Å². The summed E-state index contributed by atoms with van der Waals surface area (Å²) < 4.78 is 10.6. The average molecular weight is 430 g/mol. The van der Waals surface area contributed by atoms with Crippen LogP contribution in [0.4, 0.5) is 5.69 Å². The molecule has 0 unspecified atom stereocenters. The zero-order valence-electron chi connectivity index (χ0n) is 18.3. The molecule has 1 atom stereocenters. The number of methoxy groups -OCH3 is 2. The van der Waals surface area contributed by atoms with Gasteiger partial charge in [-0.2, -0.15) is 0 Å². The third kappa shape index (κ3) is 4.39. The number of ether oxygens (including phenoxy) is 2. The Morgan fingerprint density at radius 1 is 0.903 bits per heavy atom. The first-order valence-electron chi connectivity index (χ1n) is 11.1. The van der Waals surface area contributed by atoms with Crippen molar-refractivity contribution in [2.45, 2.75) is 44.6 Å². The van der Waals surface area contributed by atoms with Crippen molar-refractivity contribution in [3.8, 4) is 11.5 Å². The van der Waals surface area contributed by atoms with E-state index in [1.807, 2.05) is 4.90 Å². The van der Waals surface area contributed by atoms with Crippen molar-refractivity contribution in [3.05, 3.63) is 18.2 Å². The number of piperidine rings is 2. The minimum atomic E-state index is -0.476. The molecule has 0 aromatic heterocycles. The fraction of sp³-hybridized carbons (Fsp3) is 0.609. The van der Waals surface area contributed by atoms with Crippen molar-refractivity contribution in [1.82, 2.24) is 9.80 Å². The minimum Gasteiger partial charge on any atom is -0.497 e. The monoisotopic (exact) mass is 429 g/mol. The predicted octanol–water partition coefficient (Wildman–Crippen LogP) is 2.06. The van der Waals surface area contributed by atoms with Gasteiger partial charge in [0.15, 0.2) is 0 Å². The number of hydrogen-bond donors (Lipinski definition) is 0. The molecular weight excluding hydrogens is 398 g/mol. The first-order valence-corrected chi connectivity index (χ1v) is 11.1. The normalized spacial score (nSPS) is 23.4. The van der Waals surface area contributed by atoms with Crippen molar-refractivity contribution in [2.75, 3.05) is 45.3 Å². The summed E-state index contributed by atoms with van der Waals surface area (Å²) in [5, 5.41) is 0. The van der Waals surface area contributed by atoms with Gasteiger partial charge in [0.25, 0.3) is 5.91 Å². The number of benzene rings is 1. The minimum absolute atomic E-state index is 0.0281. The standard InChI is InChI=1S/C23H31N3O5/c1-30-18-12-17(13-19(14-18)31-2)26-21(27)15-20(23(26)29)24-10-6-16(7-11-24)22(28)25-8-4-3-5-9-25/h12-14,16,20H,3-11,15H2,1-2H3/t20-/m1/s1. The SMILES string of the molecule is COc1cc(OC)cc(N2C(=O)C[C@@H](N3CCC(C(=O)N4CCCCC4)CC3)C2=O)c1. The second-order valence-corrected chi connectivity index (χ2v) is 8.55. The van der Waals surface area contributed by atoms with Crippen LogP contribution in [0.3, 0.4) is 0 Å². The number of hydrogen-bond acceptors (Lipinski definition) is 6. The summed E-state index contributed by atoms with van der Waals surface area (Å²) in [4.78, 5) is 44.1. The zero-order chi connectivity index (χ0) is 22.0. The van der Waals surface area contributed by atoms with Crippen LogP contribution in [0.5, 0.6) is 11.5 Å². The van der Waals surface area contributed by atoms with Gasteiger partial charge in [0, 0.05) is 37.2 Å². The van der Waals surface area contributed by atoms with Gasteiger partial charge in [-0.25, -0.2) is 4.90 Å². The van der Waals surface area contributed by atoms with Gasteiger partial charge in [-0.3, -0.25) is 19.3 Å². The van der Waals surface area contributed by atoms with E-state index >= 15 is 0 Å². The predicted molar refractivity (Wildman–Crippen MR) is 115 cm³/mol. The zero-order valence-corrected chi connectivity index (χ0v) is 18.3. The molecule has 31 heavy (non-hydrogen) atoms. The van der Waals surface area contributed by atoms with Crippen LogP contribution in [-0.2, 0) is 14.4 Å². The molecule has 1 aromatic carbocycles. The van der Waals surface area contributed by atoms with E-state index in [4.69, 9.17) is 9.47 Å². The Labute approximate surface area is 183 Å². The second kappa shape index (κ2) is 9.26. The Hall–Kier alpha value is -2.61. The molecule has 3 amide bonds. The fourth-order valence-electron chi connectivity index (χ4n) is 4.92. The Morgan fingerprint density at radius 3 is 2.10 bits per heavy atom. The summed E-state index contributed by atoms with van der Waals surface area (Å²) >= 11 is 0. The summed E-state index contributed by atoms with van der Waals surface area (Å²) in [6.45, 7) is 3.05. The Balaban J connectivity index is 1.41. The van der Waals surface area contributed by atoms with Crippen LogP contribution in [0.15, 0.2) is 18.2 Å². The molecule has 0 aliphatic carbocycles. The molecule has 8 heteroatoms. The van der Waals surface area contributed by atoms with Gasteiger partial charge in [-0.15, -0.1) is 0 Å². The number of likely N-dealkylation sites (tertiary alicyclic amines) is 2. The molecule has 168 valence electrons. The number of anilines is 1. The van der Waals surface area contributed by atoms with Gasteiger partial charge >= 0.3 is 0 Å². The smallest absolute Gasteiger partial charge is 0.251 e. The third-order valence-corrected chi connectivity index (χ3v) is 6.70. The molecule has 8 nitrogen and oxygen atoms in total. The second-order valence-electron chi connectivity index (χ2n) is 8.55. The van der Waals surface area contributed by atoms with Crippen LogP contribution in [0.25, 0.3) is 0 Å². The number of carbonyl (C=O) groups is 3. The highest BCUT2D eigenvalue weighted by atomic mass is 16.5. The van der Waals surface area contributed by atoms with Crippen molar-refractivity contribution in [3.63, 3.8) is 0 Å². The van der Waals surface area contributed by atoms with Gasteiger partial charge in [-0.1, -0.05) is 0 Å². The average Bonchev–Trinajstić information content (AvgIpc) is 3.12. The van der Waals surface area contributed by atoms with Gasteiger partial charge in [0.05, 0.1) is 32.4 Å². The summed E-state index contributed by atoms with van der Waals surface area (Å²) in [6, 6.07) is 4.57. The van der Waals surface area contributed by atoms with Crippen LogP contribution in [0, 0.1) is 5.92 Å². The Morgan fingerprint density at radius 2 is 1.52 bits per heavy atom. The largest absolute Gasteiger partial charge is 0.497 e. The van der Waals surface area contributed by atoms with Gasteiger partial charge < -0.3 is 14.4 Å². The number of amides is 3. The molecule has 3 fully saturated rings. The number of nitrogens with zero attached hydrogens (tertiary/aromatic N) is 3. The van der Waals surface area contributed by atoms with Gasteiger partial charge in [0.1, 0.15) is 11.5 Å². The lowest BCUT2D eigenvalue weighted by molar-refractivity contribution is -0.138. The fourth-order valence-corrected chi connectivity index (χ4v) is 4.92. The number of rotatable bonds is 5. The lowest BCUT2D eigenvalue weighted by Crippen LogP contribution is -2.49. The maximum Gasteiger partial charge on any atom is 0.251 e. The first kappa shape index (κ1) is 21.6. The van der Waals surface area contributed by atoms with Gasteiger partial charge in [-0.05, 0) is 45.2 Å². The molecule has 3 aliphatic heterocycles. The highest BCUT2D eigenvalue weighted by Gasteiger charge is 2.44. The quantitative estimate of drug-likeness (QED) is 0.667. The van der Waals surface area contributed by atoms with E-state index in [-0.39, 0.29) is 30.1 Å². The molecule has 0 radical (unpaired) electrons. The van der Waals surface area contributed by atoms with Crippen molar-refractivity contribution < 1.29 is 23.9 Å². The Bertz CT molecular complexity index is 821. The number of carbonyl (C=O) groups excluding carboxylic acids is 3. The molecular formula is C23H31N3O5. The molecule has 3 heterocycles. The topological polar surface area (TPSA) is 79.4 Å². The molecule has 3 saturated heterocycles. The molecule has 0 spiro atoms. The van der Waals surface area contributed by atoms with Gasteiger partial charge in [0.2, 0.25) is 11.8 Å². The molecule has 0 N–H and O–H groups in total. The molecule has 3 aliphatic rings. The van der Waals surface area contributed by atoms with E-state index in [9.17, 15) is 14.4 Å². The summed E-state index contributed by atoms with van der Waals surface area (Å²) in [7, 11) is 3.06. The lowest BCUT2D eigenvalue weighted by atomic mass is 9.93. The van der Waals surface area contributed by atoms with E-state index in [0.29, 0.717) is 30.3 Å². The number of imide groups is 1. The maximum atomic E-state index is 13.2. The molecule has 0 saturated carbocycles. The van der Waals surface area contributed by atoms with E-state index in [1.165, 1.54) is 25.5 Å². The first-order chi connectivity index (χ1) is 15.0.